The number of nitrogens with zero attached hydrogens (tertiary/aromatic N) is 2. The Hall–Kier alpha value is -2.40. The maximum absolute atomic E-state index is 13.0. The molecule has 2 N–H and O–H groups in total. The van der Waals surface area contributed by atoms with Crippen LogP contribution in [0.15, 0.2) is 42.6 Å². The molecule has 0 radical (unpaired) electrons. The number of nitrogen functional groups attached to an aromatic ring is 1. The summed E-state index contributed by atoms with van der Waals surface area (Å²) in [5.41, 5.74) is 5.38. The van der Waals surface area contributed by atoms with Crippen LogP contribution in [-0.2, 0) is 0 Å². The van der Waals surface area contributed by atoms with Crippen molar-refractivity contribution >= 4 is 28.2 Å². The van der Waals surface area contributed by atoms with E-state index in [2.05, 4.69) is 9.97 Å². The number of aromatic nitrogens is 2. The minimum absolute atomic E-state index is 0.0172. The Balaban J connectivity index is 2.06. The van der Waals surface area contributed by atoms with Gasteiger partial charge in [-0.3, -0.25) is 0 Å². The van der Waals surface area contributed by atoms with Gasteiger partial charge in [0.25, 0.3) is 0 Å². The van der Waals surface area contributed by atoms with Gasteiger partial charge in [0.1, 0.15) is 5.75 Å². The molecule has 0 fully saturated rings. The number of hydrogen-bond donors (Lipinski definition) is 1. The molecule has 0 spiro atoms. The second kappa shape index (κ2) is 4.94. The molecular formula is C14H9ClFN3O. The molecule has 3 aromatic rings. The molecule has 2 aromatic carbocycles. The van der Waals surface area contributed by atoms with Crippen molar-refractivity contribution in [3.05, 3.63) is 53.4 Å². The van der Waals surface area contributed by atoms with Gasteiger partial charge in [0, 0.05) is 15.8 Å². The Labute approximate surface area is 119 Å². The van der Waals surface area contributed by atoms with Crippen molar-refractivity contribution in [3.8, 4) is 11.8 Å². The summed E-state index contributed by atoms with van der Waals surface area (Å²) < 4.78 is 18.6. The third kappa shape index (κ3) is 2.23. The maximum Gasteiger partial charge on any atom is 0.324 e. The molecule has 3 rings (SSSR count). The van der Waals surface area contributed by atoms with Crippen LogP contribution >= 0.6 is 11.6 Å². The third-order valence-electron chi connectivity index (χ3n) is 2.78. The fourth-order valence-electron chi connectivity index (χ4n) is 1.83. The molecule has 0 saturated heterocycles. The van der Waals surface area contributed by atoms with Gasteiger partial charge in [0.05, 0.1) is 6.20 Å². The average molecular weight is 290 g/mol. The lowest BCUT2D eigenvalue weighted by molar-refractivity contribution is 0.442. The lowest BCUT2D eigenvalue weighted by atomic mass is 10.1. The molecule has 100 valence electrons. The van der Waals surface area contributed by atoms with E-state index in [1.807, 2.05) is 24.3 Å². The lowest BCUT2D eigenvalue weighted by Gasteiger charge is -2.08. The van der Waals surface area contributed by atoms with E-state index in [-0.39, 0.29) is 11.8 Å². The highest BCUT2D eigenvalue weighted by Crippen LogP contribution is 2.33. The number of ether oxygens (including phenoxy) is 1. The fourth-order valence-corrected chi connectivity index (χ4v) is 2.06. The maximum atomic E-state index is 13.0. The van der Waals surface area contributed by atoms with Gasteiger partial charge in [-0.2, -0.15) is 4.98 Å². The number of anilines is 1. The van der Waals surface area contributed by atoms with Crippen molar-refractivity contribution in [3.63, 3.8) is 0 Å². The Kier molecular flexibility index (Phi) is 3.12. The zero-order valence-electron chi connectivity index (χ0n) is 10.2. The number of hydrogen-bond acceptors (Lipinski definition) is 4. The first-order valence-electron chi connectivity index (χ1n) is 5.78. The molecule has 0 atom stereocenters. The van der Waals surface area contributed by atoms with Gasteiger partial charge in [-0.25, -0.2) is 9.37 Å². The molecule has 0 saturated carbocycles. The monoisotopic (exact) mass is 289 g/mol. The van der Waals surface area contributed by atoms with Gasteiger partial charge in [0.15, 0.2) is 11.6 Å². The van der Waals surface area contributed by atoms with Crippen molar-refractivity contribution in [2.24, 2.45) is 0 Å². The predicted octanol–water partition coefficient (Wildman–Crippen LogP) is 3.80. The minimum Gasteiger partial charge on any atom is -0.424 e. The summed E-state index contributed by atoms with van der Waals surface area (Å²) in [6, 6.07) is 10.9. The normalized spacial score (nSPS) is 10.7. The van der Waals surface area contributed by atoms with Crippen LogP contribution in [0.4, 0.5) is 10.2 Å². The molecule has 0 unspecified atom stereocenters. The van der Waals surface area contributed by atoms with Crippen LogP contribution in [0.1, 0.15) is 0 Å². The number of benzene rings is 2. The molecule has 1 heterocycles. The molecule has 0 aliphatic carbocycles. The fraction of sp³-hybridized carbons (Fsp3) is 0. The highest BCUT2D eigenvalue weighted by molar-refractivity contribution is 6.35. The van der Waals surface area contributed by atoms with E-state index in [1.165, 1.54) is 0 Å². The van der Waals surface area contributed by atoms with Crippen molar-refractivity contribution in [1.82, 2.24) is 9.97 Å². The molecular weight excluding hydrogens is 281 g/mol. The largest absolute Gasteiger partial charge is 0.424 e. The molecule has 0 aliphatic heterocycles. The van der Waals surface area contributed by atoms with Gasteiger partial charge in [-0.05, 0) is 12.1 Å². The van der Waals surface area contributed by atoms with Gasteiger partial charge < -0.3 is 10.5 Å². The third-order valence-corrected chi connectivity index (χ3v) is 3.11. The van der Waals surface area contributed by atoms with Gasteiger partial charge >= 0.3 is 6.01 Å². The number of rotatable bonds is 2. The SMILES string of the molecule is Nc1nc(Oc2ccc(Cl)c3ccccc23)ncc1F. The first-order valence-corrected chi connectivity index (χ1v) is 6.16. The molecule has 4 nitrogen and oxygen atoms in total. The summed E-state index contributed by atoms with van der Waals surface area (Å²) in [6.45, 7) is 0. The van der Waals surface area contributed by atoms with Crippen LogP contribution in [0.3, 0.4) is 0 Å². The standard InChI is InChI=1S/C14H9ClFN3O/c15-10-5-6-12(9-4-2-1-3-8(9)10)20-14-18-7-11(16)13(17)19-14/h1-7H,(H2,17,18,19). The number of fused-ring (bicyclic) bond motifs is 1. The lowest BCUT2D eigenvalue weighted by Crippen LogP contribution is -1.99. The first kappa shape index (κ1) is 12.6. The quantitative estimate of drug-likeness (QED) is 0.779. The second-order valence-electron chi connectivity index (χ2n) is 4.08. The highest BCUT2D eigenvalue weighted by Gasteiger charge is 2.09. The van der Waals surface area contributed by atoms with E-state index in [0.29, 0.717) is 10.8 Å². The van der Waals surface area contributed by atoms with E-state index in [0.717, 1.165) is 17.0 Å². The zero-order chi connectivity index (χ0) is 14.1. The topological polar surface area (TPSA) is 61.0 Å². The van der Waals surface area contributed by atoms with Crippen molar-refractivity contribution in [2.45, 2.75) is 0 Å². The average Bonchev–Trinajstić information content (AvgIpc) is 2.46. The van der Waals surface area contributed by atoms with Crippen LogP contribution in [0.5, 0.6) is 11.8 Å². The molecule has 6 heteroatoms. The van der Waals surface area contributed by atoms with Crippen LogP contribution in [0.2, 0.25) is 5.02 Å². The molecule has 1 aromatic heterocycles. The van der Waals surface area contributed by atoms with Crippen LogP contribution in [-0.4, -0.2) is 9.97 Å². The second-order valence-corrected chi connectivity index (χ2v) is 4.49. The molecule has 0 aliphatic rings. The van der Waals surface area contributed by atoms with E-state index < -0.39 is 5.82 Å². The molecule has 0 bridgehead atoms. The zero-order valence-corrected chi connectivity index (χ0v) is 10.9. The number of halogens is 2. The van der Waals surface area contributed by atoms with Crippen molar-refractivity contribution < 1.29 is 9.13 Å². The van der Waals surface area contributed by atoms with Crippen LogP contribution in [0, 0.1) is 5.82 Å². The highest BCUT2D eigenvalue weighted by atomic mass is 35.5. The summed E-state index contributed by atoms with van der Waals surface area (Å²) in [7, 11) is 0. The smallest absolute Gasteiger partial charge is 0.324 e. The Morgan fingerprint density at radius 3 is 2.60 bits per heavy atom. The van der Waals surface area contributed by atoms with E-state index in [4.69, 9.17) is 22.1 Å². The summed E-state index contributed by atoms with van der Waals surface area (Å²) in [5, 5.41) is 2.28. The van der Waals surface area contributed by atoms with Gasteiger partial charge in [-0.1, -0.05) is 35.9 Å². The van der Waals surface area contributed by atoms with E-state index >= 15 is 0 Å². The Morgan fingerprint density at radius 1 is 1.10 bits per heavy atom. The summed E-state index contributed by atoms with van der Waals surface area (Å²) in [6.07, 6.45) is 0.968. The predicted molar refractivity (Wildman–Crippen MR) is 75.4 cm³/mol. The van der Waals surface area contributed by atoms with E-state index in [1.54, 1.807) is 12.1 Å². The van der Waals surface area contributed by atoms with Crippen molar-refractivity contribution in [2.75, 3.05) is 5.73 Å². The van der Waals surface area contributed by atoms with Crippen LogP contribution in [0.25, 0.3) is 10.8 Å². The summed E-state index contributed by atoms with van der Waals surface area (Å²) in [4.78, 5) is 7.48. The minimum atomic E-state index is -0.682. The van der Waals surface area contributed by atoms with Gasteiger partial charge in [0.2, 0.25) is 0 Å². The van der Waals surface area contributed by atoms with Crippen LogP contribution < -0.4 is 10.5 Å². The Bertz CT molecular complexity index is 794. The van der Waals surface area contributed by atoms with E-state index in [9.17, 15) is 4.39 Å². The number of nitrogens with two attached hydrogens (primary N) is 1. The van der Waals surface area contributed by atoms with Crippen molar-refractivity contribution in [1.29, 1.82) is 0 Å². The Morgan fingerprint density at radius 2 is 1.85 bits per heavy atom. The summed E-state index contributed by atoms with van der Waals surface area (Å²) >= 11 is 6.12. The van der Waals surface area contributed by atoms with Gasteiger partial charge in [-0.15, -0.1) is 0 Å². The molecule has 20 heavy (non-hydrogen) atoms. The summed E-state index contributed by atoms with van der Waals surface area (Å²) in [5.74, 6) is -0.414. The first-order chi connectivity index (χ1) is 9.65. The molecule has 0 amide bonds.